The zero-order valence-corrected chi connectivity index (χ0v) is 21.8. The van der Waals surface area contributed by atoms with E-state index in [0.717, 1.165) is 55.5 Å². The van der Waals surface area contributed by atoms with Gasteiger partial charge in [0.25, 0.3) is 0 Å². The van der Waals surface area contributed by atoms with Gasteiger partial charge < -0.3 is 25.5 Å². The lowest BCUT2D eigenvalue weighted by atomic mass is 10.1. The van der Waals surface area contributed by atoms with E-state index in [2.05, 4.69) is 38.4 Å². The van der Waals surface area contributed by atoms with Crippen LogP contribution in [0.2, 0.25) is 0 Å². The Labute approximate surface area is 207 Å². The third-order valence-corrected chi connectivity index (χ3v) is 6.49. The number of anilines is 1. The number of guanidine groups is 1. The largest absolute Gasteiger partial charge is 0.383 e. The quantitative estimate of drug-likeness (QED) is 0.263. The van der Waals surface area contributed by atoms with Gasteiger partial charge in [0.05, 0.1) is 13.1 Å². The summed E-state index contributed by atoms with van der Waals surface area (Å²) < 4.78 is 0. The number of nitrogens with zero attached hydrogens (tertiary/aromatic N) is 4. The maximum atomic E-state index is 10.7. The second-order valence-electron chi connectivity index (χ2n) is 7.74. The summed E-state index contributed by atoms with van der Waals surface area (Å²) in [5, 5.41) is 19.3. The van der Waals surface area contributed by atoms with Crippen LogP contribution < -0.4 is 15.5 Å². The van der Waals surface area contributed by atoms with E-state index >= 15 is 0 Å². The van der Waals surface area contributed by atoms with Crippen LogP contribution in [0.15, 0.2) is 40.8 Å². The molecule has 7 nitrogen and oxygen atoms in total. The van der Waals surface area contributed by atoms with E-state index in [1.165, 1.54) is 0 Å². The normalized spacial score (nSPS) is 17.0. The van der Waals surface area contributed by atoms with Crippen molar-refractivity contribution >= 4 is 47.1 Å². The molecule has 0 saturated carbocycles. The summed E-state index contributed by atoms with van der Waals surface area (Å²) in [5.74, 6) is 1.72. The molecule has 1 saturated heterocycles. The lowest BCUT2D eigenvalue weighted by molar-refractivity contribution is 0.0655. The Morgan fingerprint density at radius 2 is 2.00 bits per heavy atom. The molecule has 2 aromatic rings. The Hall–Kier alpha value is -1.43. The Morgan fingerprint density at radius 1 is 1.23 bits per heavy atom. The van der Waals surface area contributed by atoms with E-state index in [1.54, 1.807) is 11.3 Å². The van der Waals surface area contributed by atoms with Gasteiger partial charge in [0.15, 0.2) is 5.96 Å². The molecule has 0 aliphatic carbocycles. The van der Waals surface area contributed by atoms with Gasteiger partial charge in [-0.15, -0.1) is 35.3 Å². The number of halogens is 1. The lowest BCUT2D eigenvalue weighted by Crippen LogP contribution is -2.46. The molecule has 31 heavy (non-hydrogen) atoms. The van der Waals surface area contributed by atoms with Gasteiger partial charge in [-0.1, -0.05) is 13.0 Å². The maximum absolute atomic E-state index is 10.7. The number of rotatable bonds is 8. The number of hydrogen-bond acceptors (Lipinski definition) is 6. The number of pyridine rings is 1. The van der Waals surface area contributed by atoms with Crippen LogP contribution in [0.5, 0.6) is 0 Å². The number of aliphatic imine (C=N–C) groups is 1. The fraction of sp³-hybridized carbons (Fsp3) is 0.545. The minimum atomic E-state index is -0.936. The molecule has 0 spiro atoms. The predicted octanol–water partition coefficient (Wildman–Crippen LogP) is 2.87. The minimum absolute atomic E-state index is 0. The molecule has 3 N–H and O–H groups in total. The van der Waals surface area contributed by atoms with Crippen LogP contribution in [-0.4, -0.2) is 66.8 Å². The Morgan fingerprint density at radius 3 is 2.65 bits per heavy atom. The molecule has 3 heterocycles. The molecule has 1 aliphatic heterocycles. The first-order valence-corrected chi connectivity index (χ1v) is 11.6. The first-order valence-electron chi connectivity index (χ1n) is 10.7. The number of aromatic nitrogens is 1. The lowest BCUT2D eigenvalue weighted by Gasteiger charge is -2.34. The monoisotopic (exact) mass is 558 g/mol. The highest BCUT2D eigenvalue weighted by Gasteiger charge is 2.24. The van der Waals surface area contributed by atoms with Crippen LogP contribution in [-0.2, 0) is 12.1 Å². The third-order valence-electron chi connectivity index (χ3n) is 5.37. The van der Waals surface area contributed by atoms with Crippen molar-refractivity contribution in [3.05, 3.63) is 46.3 Å². The molecule has 1 fully saturated rings. The molecular formula is C22H35IN6OS. The zero-order chi connectivity index (χ0) is 21.4. The van der Waals surface area contributed by atoms with Gasteiger partial charge in [-0.2, -0.15) is 0 Å². The standard InChI is InChI=1S/C22H34N6OS.HI/c1-4-23-21(26-17-22(3,29)19-7-6-14-30-19)25-16-18-8-9-24-20(15-18)28-12-10-27(5-2)11-13-28;/h6-9,14-15,29H,4-5,10-13,16-17H2,1-3H3,(H2,23,25,26);1H. The highest BCUT2D eigenvalue weighted by atomic mass is 127. The Kier molecular flexibility index (Phi) is 10.5. The average molecular weight is 559 g/mol. The maximum Gasteiger partial charge on any atom is 0.191 e. The molecule has 1 aliphatic rings. The Balaban J connectivity index is 0.00000341. The summed E-state index contributed by atoms with van der Waals surface area (Å²) in [6.07, 6.45) is 1.87. The second-order valence-corrected chi connectivity index (χ2v) is 8.69. The van der Waals surface area contributed by atoms with Gasteiger partial charge in [0.2, 0.25) is 0 Å². The predicted molar refractivity (Wildman–Crippen MR) is 141 cm³/mol. The molecule has 0 aromatic carbocycles. The summed E-state index contributed by atoms with van der Waals surface area (Å²) in [4.78, 5) is 15.0. The topological polar surface area (TPSA) is 76.0 Å². The summed E-state index contributed by atoms with van der Waals surface area (Å²) in [5.41, 5.74) is 0.189. The fourth-order valence-electron chi connectivity index (χ4n) is 3.47. The highest BCUT2D eigenvalue weighted by Crippen LogP contribution is 2.24. The van der Waals surface area contributed by atoms with Crippen molar-refractivity contribution in [2.24, 2.45) is 4.99 Å². The van der Waals surface area contributed by atoms with Crippen LogP contribution in [0.4, 0.5) is 5.82 Å². The van der Waals surface area contributed by atoms with E-state index in [-0.39, 0.29) is 24.0 Å². The van der Waals surface area contributed by atoms with Crippen LogP contribution in [0, 0.1) is 0 Å². The first kappa shape index (κ1) is 25.8. The van der Waals surface area contributed by atoms with Crippen molar-refractivity contribution < 1.29 is 5.11 Å². The van der Waals surface area contributed by atoms with E-state index in [4.69, 9.17) is 4.99 Å². The van der Waals surface area contributed by atoms with E-state index in [1.807, 2.05) is 43.6 Å². The smallest absolute Gasteiger partial charge is 0.191 e. The van der Waals surface area contributed by atoms with Crippen molar-refractivity contribution in [1.82, 2.24) is 20.5 Å². The summed E-state index contributed by atoms with van der Waals surface area (Å²) in [6.45, 7) is 13.1. The molecular weight excluding hydrogens is 523 g/mol. The van der Waals surface area contributed by atoms with E-state index in [9.17, 15) is 5.11 Å². The van der Waals surface area contributed by atoms with Crippen molar-refractivity contribution in [2.45, 2.75) is 32.9 Å². The van der Waals surface area contributed by atoms with Gasteiger partial charge in [0, 0.05) is 43.8 Å². The number of aliphatic hydroxyl groups is 1. The summed E-state index contributed by atoms with van der Waals surface area (Å²) >= 11 is 1.56. The highest BCUT2D eigenvalue weighted by molar-refractivity contribution is 14.0. The molecule has 2 aromatic heterocycles. The summed E-state index contributed by atoms with van der Waals surface area (Å²) in [6, 6.07) is 8.06. The number of nitrogens with one attached hydrogen (secondary N) is 2. The van der Waals surface area contributed by atoms with Gasteiger partial charge in [-0.25, -0.2) is 9.98 Å². The molecule has 0 radical (unpaired) electrons. The zero-order valence-electron chi connectivity index (χ0n) is 18.7. The van der Waals surface area contributed by atoms with Crippen molar-refractivity contribution in [3.63, 3.8) is 0 Å². The van der Waals surface area contributed by atoms with Gasteiger partial charge in [-0.05, 0) is 49.5 Å². The molecule has 0 bridgehead atoms. The van der Waals surface area contributed by atoms with Crippen LogP contribution >= 0.6 is 35.3 Å². The SMILES string of the molecule is CCNC(=NCc1ccnc(N2CCN(CC)CC2)c1)NCC(C)(O)c1cccs1.I. The van der Waals surface area contributed by atoms with E-state index in [0.29, 0.717) is 19.0 Å². The minimum Gasteiger partial charge on any atom is -0.383 e. The molecule has 9 heteroatoms. The number of likely N-dealkylation sites (N-methyl/N-ethyl adjacent to an activating group) is 1. The Bertz CT molecular complexity index is 806. The number of thiophene rings is 1. The van der Waals surface area contributed by atoms with Crippen molar-refractivity contribution in [2.75, 3.05) is 50.7 Å². The molecule has 0 amide bonds. The number of hydrogen-bond donors (Lipinski definition) is 3. The van der Waals surface area contributed by atoms with Gasteiger partial charge >= 0.3 is 0 Å². The van der Waals surface area contributed by atoms with Gasteiger partial charge in [0.1, 0.15) is 11.4 Å². The summed E-state index contributed by atoms with van der Waals surface area (Å²) in [7, 11) is 0. The van der Waals surface area contributed by atoms with Crippen molar-refractivity contribution in [1.29, 1.82) is 0 Å². The number of piperazine rings is 1. The van der Waals surface area contributed by atoms with E-state index < -0.39 is 5.60 Å². The molecule has 1 unspecified atom stereocenters. The first-order chi connectivity index (χ1) is 14.5. The van der Waals surface area contributed by atoms with Crippen LogP contribution in [0.1, 0.15) is 31.2 Å². The molecule has 172 valence electrons. The van der Waals surface area contributed by atoms with Gasteiger partial charge in [-0.3, -0.25) is 0 Å². The average Bonchev–Trinajstić information content (AvgIpc) is 3.32. The third kappa shape index (κ3) is 7.58. The molecule has 1 atom stereocenters. The molecule has 3 rings (SSSR count). The second kappa shape index (κ2) is 12.6. The van der Waals surface area contributed by atoms with Crippen LogP contribution in [0.25, 0.3) is 0 Å². The fourth-order valence-corrected chi connectivity index (χ4v) is 4.25. The van der Waals surface area contributed by atoms with Crippen molar-refractivity contribution in [3.8, 4) is 0 Å². The van der Waals surface area contributed by atoms with Crippen LogP contribution in [0.3, 0.4) is 0 Å².